The molecule has 1 aliphatic rings. The second-order valence-electron chi connectivity index (χ2n) is 6.77. The van der Waals surface area contributed by atoms with Crippen molar-refractivity contribution < 1.29 is 28.2 Å². The molecule has 0 bridgehead atoms. The number of likely N-dealkylation sites (tertiary alicyclic amines) is 1. The largest absolute Gasteiger partial charge is 0.466 e. The van der Waals surface area contributed by atoms with Crippen LogP contribution in [0.1, 0.15) is 32.3 Å². The second-order valence-corrected chi connectivity index (χ2v) is 6.77. The van der Waals surface area contributed by atoms with E-state index in [-0.39, 0.29) is 36.8 Å². The fraction of sp³-hybridized carbons (Fsp3) is 0.550. The molecule has 1 fully saturated rings. The Morgan fingerprint density at radius 1 is 1.30 bits per heavy atom. The lowest BCUT2D eigenvalue weighted by Gasteiger charge is -2.31. The zero-order chi connectivity index (χ0) is 19.8. The second kappa shape index (κ2) is 10.0. The smallest absolute Gasteiger partial charge is 0.310 e. The molecule has 1 saturated heterocycles. The van der Waals surface area contributed by atoms with Crippen molar-refractivity contribution in [3.05, 3.63) is 35.6 Å². The van der Waals surface area contributed by atoms with E-state index >= 15 is 0 Å². The van der Waals surface area contributed by atoms with Crippen molar-refractivity contribution in [3.63, 3.8) is 0 Å². The van der Waals surface area contributed by atoms with E-state index in [1.54, 1.807) is 26.0 Å². The van der Waals surface area contributed by atoms with Crippen LogP contribution in [0.3, 0.4) is 0 Å². The SMILES string of the molecule is CCOC(=O)C1CCCN(C(=O)COC(=O)C(C)Cc2cccc(F)c2)C1. The van der Waals surface area contributed by atoms with Crippen molar-refractivity contribution in [1.82, 2.24) is 4.90 Å². The summed E-state index contributed by atoms with van der Waals surface area (Å²) >= 11 is 0. The minimum atomic E-state index is -0.508. The van der Waals surface area contributed by atoms with Gasteiger partial charge in [0.2, 0.25) is 0 Å². The third-order valence-corrected chi connectivity index (χ3v) is 4.57. The number of nitrogens with zero attached hydrogens (tertiary/aromatic N) is 1. The number of carbonyl (C=O) groups is 3. The Morgan fingerprint density at radius 2 is 2.07 bits per heavy atom. The summed E-state index contributed by atoms with van der Waals surface area (Å²) in [7, 11) is 0. The van der Waals surface area contributed by atoms with Crippen LogP contribution in [0.25, 0.3) is 0 Å². The number of piperidine rings is 1. The van der Waals surface area contributed by atoms with Gasteiger partial charge < -0.3 is 14.4 Å². The minimum Gasteiger partial charge on any atom is -0.466 e. The van der Waals surface area contributed by atoms with E-state index in [1.165, 1.54) is 17.0 Å². The normalized spacial score (nSPS) is 17.9. The van der Waals surface area contributed by atoms with Gasteiger partial charge in [-0.05, 0) is 43.9 Å². The number of rotatable bonds is 7. The maximum absolute atomic E-state index is 13.2. The molecule has 0 radical (unpaired) electrons. The topological polar surface area (TPSA) is 72.9 Å². The van der Waals surface area contributed by atoms with Gasteiger partial charge in [-0.15, -0.1) is 0 Å². The molecule has 1 aliphatic heterocycles. The molecule has 27 heavy (non-hydrogen) atoms. The van der Waals surface area contributed by atoms with Gasteiger partial charge in [0.15, 0.2) is 6.61 Å². The quantitative estimate of drug-likeness (QED) is 0.680. The molecular formula is C20H26FNO5. The number of esters is 2. The van der Waals surface area contributed by atoms with E-state index in [0.29, 0.717) is 38.0 Å². The van der Waals surface area contributed by atoms with Gasteiger partial charge in [-0.2, -0.15) is 0 Å². The Balaban J connectivity index is 1.80. The summed E-state index contributed by atoms with van der Waals surface area (Å²) < 4.78 is 23.4. The summed E-state index contributed by atoms with van der Waals surface area (Å²) in [5.74, 6) is -2.31. The number of amides is 1. The number of halogens is 1. The van der Waals surface area contributed by atoms with Crippen molar-refractivity contribution >= 4 is 17.8 Å². The Bertz CT molecular complexity index is 678. The van der Waals surface area contributed by atoms with Crippen LogP contribution in [0, 0.1) is 17.7 Å². The lowest BCUT2D eigenvalue weighted by atomic mass is 9.98. The molecule has 0 N–H and O–H groups in total. The molecule has 7 heteroatoms. The molecule has 2 atom stereocenters. The van der Waals surface area contributed by atoms with E-state index in [9.17, 15) is 18.8 Å². The summed E-state index contributed by atoms with van der Waals surface area (Å²) in [6, 6.07) is 6.04. The van der Waals surface area contributed by atoms with E-state index in [1.807, 2.05) is 0 Å². The van der Waals surface area contributed by atoms with Crippen LogP contribution >= 0.6 is 0 Å². The zero-order valence-electron chi connectivity index (χ0n) is 15.8. The highest BCUT2D eigenvalue weighted by atomic mass is 19.1. The number of benzene rings is 1. The average Bonchev–Trinajstić information content (AvgIpc) is 2.66. The highest BCUT2D eigenvalue weighted by molar-refractivity contribution is 5.82. The average molecular weight is 379 g/mol. The van der Waals surface area contributed by atoms with Crippen LogP contribution in [0.4, 0.5) is 4.39 Å². The van der Waals surface area contributed by atoms with Gasteiger partial charge in [0, 0.05) is 13.1 Å². The molecule has 6 nitrogen and oxygen atoms in total. The predicted octanol–water partition coefficient (Wildman–Crippen LogP) is 2.35. The van der Waals surface area contributed by atoms with Crippen LogP contribution in [0.15, 0.2) is 24.3 Å². The van der Waals surface area contributed by atoms with E-state index < -0.39 is 11.9 Å². The Labute approximate surface area is 158 Å². The van der Waals surface area contributed by atoms with Crippen molar-refractivity contribution in [2.45, 2.75) is 33.1 Å². The third-order valence-electron chi connectivity index (χ3n) is 4.57. The maximum Gasteiger partial charge on any atom is 0.310 e. The van der Waals surface area contributed by atoms with Crippen molar-refractivity contribution in [1.29, 1.82) is 0 Å². The molecule has 1 heterocycles. The first kappa shape index (κ1) is 20.9. The third kappa shape index (κ3) is 6.34. The maximum atomic E-state index is 13.2. The van der Waals surface area contributed by atoms with Crippen LogP contribution in [-0.2, 0) is 30.3 Å². The molecule has 1 aromatic carbocycles. The van der Waals surface area contributed by atoms with E-state index in [2.05, 4.69) is 0 Å². The fourth-order valence-corrected chi connectivity index (χ4v) is 3.12. The molecule has 0 saturated carbocycles. The molecule has 0 aliphatic carbocycles. The molecule has 1 amide bonds. The van der Waals surface area contributed by atoms with Gasteiger partial charge in [-0.1, -0.05) is 19.1 Å². The summed E-state index contributed by atoms with van der Waals surface area (Å²) in [6.45, 7) is 4.19. The van der Waals surface area contributed by atoms with Gasteiger partial charge in [-0.25, -0.2) is 4.39 Å². The Morgan fingerprint density at radius 3 is 2.78 bits per heavy atom. The monoisotopic (exact) mass is 379 g/mol. The molecular weight excluding hydrogens is 353 g/mol. The van der Waals surface area contributed by atoms with Crippen molar-refractivity contribution in [2.75, 3.05) is 26.3 Å². The van der Waals surface area contributed by atoms with E-state index in [0.717, 1.165) is 0 Å². The molecule has 1 aromatic rings. The number of carbonyl (C=O) groups excluding carboxylic acids is 3. The summed E-state index contributed by atoms with van der Waals surface area (Å²) in [5.41, 5.74) is 0.694. The molecule has 0 spiro atoms. The van der Waals surface area contributed by atoms with E-state index in [4.69, 9.17) is 9.47 Å². The lowest BCUT2D eigenvalue weighted by molar-refractivity contribution is -0.158. The Hall–Kier alpha value is -2.44. The molecule has 0 aromatic heterocycles. The standard InChI is InChI=1S/C20H26FNO5/c1-3-26-20(25)16-7-5-9-22(12-16)18(23)13-27-19(24)14(2)10-15-6-4-8-17(21)11-15/h4,6,8,11,14,16H,3,5,7,9-10,12-13H2,1-2H3. The molecule has 2 unspecified atom stereocenters. The fourth-order valence-electron chi connectivity index (χ4n) is 3.12. The van der Waals surface area contributed by atoms with Gasteiger partial charge >= 0.3 is 11.9 Å². The summed E-state index contributed by atoms with van der Waals surface area (Å²) in [5, 5.41) is 0. The van der Waals surface area contributed by atoms with Gasteiger partial charge in [0.25, 0.3) is 5.91 Å². The Kier molecular flexibility index (Phi) is 7.76. The van der Waals surface area contributed by atoms with Crippen LogP contribution in [0.2, 0.25) is 0 Å². The number of ether oxygens (including phenoxy) is 2. The van der Waals surface area contributed by atoms with Gasteiger partial charge in [0.1, 0.15) is 5.82 Å². The van der Waals surface area contributed by atoms with Gasteiger partial charge in [-0.3, -0.25) is 14.4 Å². The summed E-state index contributed by atoms with van der Waals surface area (Å²) in [6.07, 6.45) is 1.73. The first-order valence-electron chi connectivity index (χ1n) is 9.26. The van der Waals surface area contributed by atoms with Crippen LogP contribution in [0.5, 0.6) is 0 Å². The van der Waals surface area contributed by atoms with Crippen molar-refractivity contribution in [3.8, 4) is 0 Å². The minimum absolute atomic E-state index is 0.286. The predicted molar refractivity (Wildman–Crippen MR) is 96.2 cm³/mol. The van der Waals surface area contributed by atoms with Crippen LogP contribution in [-0.4, -0.2) is 49.0 Å². The first-order valence-corrected chi connectivity index (χ1v) is 9.26. The van der Waals surface area contributed by atoms with Crippen LogP contribution < -0.4 is 0 Å². The summed E-state index contributed by atoms with van der Waals surface area (Å²) in [4.78, 5) is 37.8. The highest BCUT2D eigenvalue weighted by Crippen LogP contribution is 2.18. The highest BCUT2D eigenvalue weighted by Gasteiger charge is 2.30. The first-order chi connectivity index (χ1) is 12.9. The van der Waals surface area contributed by atoms with Crippen molar-refractivity contribution in [2.24, 2.45) is 11.8 Å². The number of hydrogen-bond acceptors (Lipinski definition) is 5. The molecule has 148 valence electrons. The van der Waals surface area contributed by atoms with Gasteiger partial charge in [0.05, 0.1) is 18.4 Å². The molecule has 2 rings (SSSR count). The number of hydrogen-bond donors (Lipinski definition) is 0. The zero-order valence-corrected chi connectivity index (χ0v) is 15.8. The lowest BCUT2D eigenvalue weighted by Crippen LogP contribution is -2.44.